The van der Waals surface area contributed by atoms with E-state index < -0.39 is 10.0 Å². The van der Waals surface area contributed by atoms with Gasteiger partial charge < -0.3 is 14.8 Å². The summed E-state index contributed by atoms with van der Waals surface area (Å²) in [5, 5.41) is 3.35. The summed E-state index contributed by atoms with van der Waals surface area (Å²) >= 11 is 0. The zero-order valence-electron chi connectivity index (χ0n) is 11.8. The van der Waals surface area contributed by atoms with Gasteiger partial charge in [-0.25, -0.2) is 13.1 Å². The Labute approximate surface area is 124 Å². The van der Waals surface area contributed by atoms with E-state index in [-0.39, 0.29) is 4.90 Å². The molecule has 0 radical (unpaired) electrons. The standard InChI is InChI=1S/C14H20N2O4S/c17-21(18,16-7-5-11-2-1-6-15-11)12-3-4-13-14(10-12)20-9-8-19-13/h3-4,10-11,15-16H,1-2,5-9H2. The molecule has 0 amide bonds. The predicted molar refractivity (Wildman–Crippen MR) is 78.3 cm³/mol. The molecule has 2 aliphatic rings. The summed E-state index contributed by atoms with van der Waals surface area (Å²) in [5.41, 5.74) is 0. The minimum Gasteiger partial charge on any atom is -0.486 e. The lowest BCUT2D eigenvalue weighted by Gasteiger charge is -2.19. The zero-order chi connectivity index (χ0) is 14.7. The fraction of sp³-hybridized carbons (Fsp3) is 0.571. The van der Waals surface area contributed by atoms with Crippen molar-refractivity contribution in [2.75, 3.05) is 26.3 Å². The summed E-state index contributed by atoms with van der Waals surface area (Å²) in [4.78, 5) is 0.214. The Kier molecular flexibility index (Phi) is 4.32. The normalized spacial score (nSPS) is 21.4. The highest BCUT2D eigenvalue weighted by atomic mass is 32.2. The number of hydrogen-bond acceptors (Lipinski definition) is 5. The van der Waals surface area contributed by atoms with Crippen LogP contribution in [0.3, 0.4) is 0 Å². The molecule has 0 saturated carbocycles. The van der Waals surface area contributed by atoms with Gasteiger partial charge in [0.15, 0.2) is 11.5 Å². The maximum absolute atomic E-state index is 12.3. The fourth-order valence-corrected chi connectivity index (χ4v) is 3.71. The molecule has 1 unspecified atom stereocenters. The summed E-state index contributed by atoms with van der Waals surface area (Å²) in [7, 11) is -3.50. The molecule has 1 aromatic carbocycles. The van der Waals surface area contributed by atoms with Crippen LogP contribution in [0.25, 0.3) is 0 Å². The smallest absolute Gasteiger partial charge is 0.240 e. The molecule has 6 nitrogen and oxygen atoms in total. The molecule has 1 atom stereocenters. The van der Waals surface area contributed by atoms with Gasteiger partial charge in [0.05, 0.1) is 4.90 Å². The first-order valence-electron chi connectivity index (χ1n) is 7.28. The van der Waals surface area contributed by atoms with E-state index in [1.165, 1.54) is 12.5 Å². The minimum atomic E-state index is -3.50. The molecule has 2 N–H and O–H groups in total. The van der Waals surface area contributed by atoms with E-state index in [0.717, 1.165) is 19.4 Å². The van der Waals surface area contributed by atoms with Gasteiger partial charge in [0.2, 0.25) is 10.0 Å². The maximum Gasteiger partial charge on any atom is 0.240 e. The largest absolute Gasteiger partial charge is 0.486 e. The second-order valence-corrected chi connectivity index (χ2v) is 7.05. The van der Waals surface area contributed by atoms with Crippen LogP contribution in [0.1, 0.15) is 19.3 Å². The Hall–Kier alpha value is -1.31. The van der Waals surface area contributed by atoms with Crippen LogP contribution in [-0.2, 0) is 10.0 Å². The van der Waals surface area contributed by atoms with Crippen LogP contribution in [0.5, 0.6) is 11.5 Å². The highest BCUT2D eigenvalue weighted by molar-refractivity contribution is 7.89. The summed E-state index contributed by atoms with van der Waals surface area (Å²) in [6.45, 7) is 2.40. The molecular formula is C14H20N2O4S. The summed E-state index contributed by atoms with van der Waals surface area (Å²) < 4.78 is 38.0. The molecule has 1 aromatic rings. The molecule has 7 heteroatoms. The molecule has 21 heavy (non-hydrogen) atoms. The lowest BCUT2D eigenvalue weighted by Crippen LogP contribution is -2.30. The van der Waals surface area contributed by atoms with Crippen molar-refractivity contribution < 1.29 is 17.9 Å². The molecule has 2 aliphatic heterocycles. The Balaban J connectivity index is 1.63. The highest BCUT2D eigenvalue weighted by Gasteiger charge is 2.20. The first-order chi connectivity index (χ1) is 10.1. The van der Waals surface area contributed by atoms with E-state index in [4.69, 9.17) is 9.47 Å². The summed E-state index contributed by atoms with van der Waals surface area (Å²) in [6, 6.07) is 5.13. The van der Waals surface area contributed by atoms with E-state index >= 15 is 0 Å². The monoisotopic (exact) mass is 312 g/mol. The van der Waals surface area contributed by atoms with Crippen LogP contribution in [0, 0.1) is 0 Å². The first kappa shape index (κ1) is 14.6. The molecule has 2 heterocycles. The van der Waals surface area contributed by atoms with Crippen LogP contribution in [0.4, 0.5) is 0 Å². The van der Waals surface area contributed by atoms with Crippen molar-refractivity contribution in [1.82, 2.24) is 10.0 Å². The Bertz CT molecular complexity index is 597. The van der Waals surface area contributed by atoms with E-state index in [1.54, 1.807) is 12.1 Å². The fourth-order valence-electron chi connectivity index (χ4n) is 2.64. The number of nitrogens with one attached hydrogen (secondary N) is 2. The molecule has 0 aliphatic carbocycles. The number of sulfonamides is 1. The van der Waals surface area contributed by atoms with Crippen molar-refractivity contribution in [2.45, 2.75) is 30.2 Å². The lowest BCUT2D eigenvalue weighted by atomic mass is 10.2. The van der Waals surface area contributed by atoms with Crippen LogP contribution in [0.15, 0.2) is 23.1 Å². The lowest BCUT2D eigenvalue weighted by molar-refractivity contribution is 0.171. The number of fused-ring (bicyclic) bond motifs is 1. The van der Waals surface area contributed by atoms with E-state index in [9.17, 15) is 8.42 Å². The quantitative estimate of drug-likeness (QED) is 0.844. The molecule has 116 valence electrons. The number of rotatable bonds is 5. The van der Waals surface area contributed by atoms with Gasteiger partial charge in [-0.2, -0.15) is 0 Å². The molecule has 0 aromatic heterocycles. The van der Waals surface area contributed by atoms with Crippen LogP contribution in [-0.4, -0.2) is 40.8 Å². The molecule has 1 saturated heterocycles. The molecule has 3 rings (SSSR count). The Morgan fingerprint density at radius 1 is 1.24 bits per heavy atom. The minimum absolute atomic E-state index is 0.214. The third-order valence-electron chi connectivity index (χ3n) is 3.77. The van der Waals surface area contributed by atoms with Gasteiger partial charge in [-0.05, 0) is 37.9 Å². The molecular weight excluding hydrogens is 292 g/mol. The maximum atomic E-state index is 12.3. The van der Waals surface area contributed by atoms with Crippen molar-refractivity contribution in [3.05, 3.63) is 18.2 Å². The molecule has 0 spiro atoms. The summed E-state index contributed by atoms with van der Waals surface area (Å²) in [5.74, 6) is 1.08. The zero-order valence-corrected chi connectivity index (χ0v) is 12.6. The van der Waals surface area contributed by atoms with Crippen LogP contribution < -0.4 is 19.5 Å². The number of benzene rings is 1. The van der Waals surface area contributed by atoms with Crippen LogP contribution in [0.2, 0.25) is 0 Å². The van der Waals surface area contributed by atoms with Gasteiger partial charge in [0, 0.05) is 18.7 Å². The third-order valence-corrected chi connectivity index (χ3v) is 5.23. The van der Waals surface area contributed by atoms with E-state index in [0.29, 0.717) is 37.3 Å². The molecule has 0 bridgehead atoms. The molecule has 1 fully saturated rings. The van der Waals surface area contributed by atoms with Gasteiger partial charge >= 0.3 is 0 Å². The van der Waals surface area contributed by atoms with E-state index in [1.807, 2.05) is 0 Å². The second-order valence-electron chi connectivity index (χ2n) is 5.29. The number of ether oxygens (including phenoxy) is 2. The van der Waals surface area contributed by atoms with Gasteiger partial charge in [-0.15, -0.1) is 0 Å². The second kappa shape index (κ2) is 6.21. The van der Waals surface area contributed by atoms with Gasteiger partial charge in [-0.3, -0.25) is 0 Å². The Morgan fingerprint density at radius 3 is 2.81 bits per heavy atom. The van der Waals surface area contributed by atoms with Crippen molar-refractivity contribution in [3.63, 3.8) is 0 Å². The third kappa shape index (κ3) is 3.48. The Morgan fingerprint density at radius 2 is 2.05 bits per heavy atom. The van der Waals surface area contributed by atoms with Crippen molar-refractivity contribution in [3.8, 4) is 11.5 Å². The van der Waals surface area contributed by atoms with Crippen LogP contribution >= 0.6 is 0 Å². The average molecular weight is 312 g/mol. The predicted octanol–water partition coefficient (Wildman–Crippen LogP) is 0.878. The van der Waals surface area contributed by atoms with Crippen molar-refractivity contribution in [2.24, 2.45) is 0 Å². The van der Waals surface area contributed by atoms with Gasteiger partial charge in [0.1, 0.15) is 13.2 Å². The van der Waals surface area contributed by atoms with Crippen molar-refractivity contribution >= 4 is 10.0 Å². The summed E-state index contributed by atoms with van der Waals surface area (Å²) in [6.07, 6.45) is 3.09. The number of hydrogen-bond donors (Lipinski definition) is 2. The van der Waals surface area contributed by atoms with E-state index in [2.05, 4.69) is 10.0 Å². The highest BCUT2D eigenvalue weighted by Crippen LogP contribution is 2.32. The average Bonchev–Trinajstić information content (AvgIpc) is 3.00. The van der Waals surface area contributed by atoms with Gasteiger partial charge in [0.25, 0.3) is 0 Å². The SMILES string of the molecule is O=S(=O)(NCCC1CCCN1)c1ccc2c(c1)OCCO2. The topological polar surface area (TPSA) is 76.7 Å². The van der Waals surface area contributed by atoms with Crippen molar-refractivity contribution in [1.29, 1.82) is 0 Å². The first-order valence-corrected chi connectivity index (χ1v) is 8.76. The van der Waals surface area contributed by atoms with Gasteiger partial charge in [-0.1, -0.05) is 0 Å².